The van der Waals surface area contributed by atoms with Crippen molar-refractivity contribution in [2.24, 2.45) is 0 Å². The van der Waals surface area contributed by atoms with Crippen molar-refractivity contribution in [3.8, 4) is 0 Å². The Morgan fingerprint density at radius 3 is 2.62 bits per heavy atom. The second-order valence-electron chi connectivity index (χ2n) is 5.25. The molecular weight excluding hydrogens is 266 g/mol. The van der Waals surface area contributed by atoms with Crippen molar-refractivity contribution in [1.82, 2.24) is 10.6 Å². The highest BCUT2D eigenvalue weighted by molar-refractivity contribution is 5.96. The molecule has 1 fully saturated rings. The smallest absolute Gasteiger partial charge is 0.321 e. The number of carbonyl (C=O) groups excluding carboxylic acids is 2. The number of urea groups is 1. The van der Waals surface area contributed by atoms with E-state index in [-0.39, 0.29) is 11.9 Å². The average Bonchev–Trinajstić information content (AvgIpc) is 2.93. The summed E-state index contributed by atoms with van der Waals surface area (Å²) in [6.45, 7) is 4.22. The van der Waals surface area contributed by atoms with Gasteiger partial charge in [-0.3, -0.25) is 9.69 Å². The molecule has 0 bridgehead atoms. The zero-order valence-electron chi connectivity index (χ0n) is 12.5. The van der Waals surface area contributed by atoms with E-state index in [0.29, 0.717) is 18.7 Å². The average molecular weight is 289 g/mol. The van der Waals surface area contributed by atoms with Crippen LogP contribution in [0.25, 0.3) is 0 Å². The molecular formula is C16H23N3O2. The van der Waals surface area contributed by atoms with E-state index >= 15 is 0 Å². The SMILES string of the molecule is CCCCCCNC(=O)c1ccc(N2CCNC2=O)cc1. The summed E-state index contributed by atoms with van der Waals surface area (Å²) in [7, 11) is 0. The van der Waals surface area contributed by atoms with Crippen LogP contribution >= 0.6 is 0 Å². The lowest BCUT2D eigenvalue weighted by atomic mass is 10.1. The van der Waals surface area contributed by atoms with E-state index in [4.69, 9.17) is 0 Å². The molecule has 1 aromatic carbocycles. The van der Waals surface area contributed by atoms with Gasteiger partial charge in [0.25, 0.3) is 5.91 Å². The molecule has 5 nitrogen and oxygen atoms in total. The Hall–Kier alpha value is -2.04. The van der Waals surface area contributed by atoms with E-state index in [0.717, 1.165) is 25.1 Å². The summed E-state index contributed by atoms with van der Waals surface area (Å²) < 4.78 is 0. The van der Waals surface area contributed by atoms with Crippen LogP contribution in [0.1, 0.15) is 43.0 Å². The minimum Gasteiger partial charge on any atom is -0.352 e. The number of benzene rings is 1. The van der Waals surface area contributed by atoms with Gasteiger partial charge in [-0.05, 0) is 30.7 Å². The molecule has 0 aliphatic carbocycles. The number of rotatable bonds is 7. The van der Waals surface area contributed by atoms with Gasteiger partial charge in [-0.15, -0.1) is 0 Å². The first-order valence-electron chi connectivity index (χ1n) is 7.66. The summed E-state index contributed by atoms with van der Waals surface area (Å²) in [4.78, 5) is 25.2. The molecule has 1 aliphatic rings. The van der Waals surface area contributed by atoms with E-state index in [2.05, 4.69) is 17.6 Å². The molecule has 114 valence electrons. The molecule has 0 aromatic heterocycles. The standard InChI is InChI=1S/C16H23N3O2/c1-2-3-4-5-10-17-15(20)13-6-8-14(9-7-13)19-12-11-18-16(19)21/h6-9H,2-5,10-12H2,1H3,(H,17,20)(H,18,21). The van der Waals surface area contributed by atoms with E-state index in [9.17, 15) is 9.59 Å². The summed E-state index contributed by atoms with van der Waals surface area (Å²) in [6.07, 6.45) is 4.58. The van der Waals surface area contributed by atoms with Crippen molar-refractivity contribution in [2.75, 3.05) is 24.5 Å². The quantitative estimate of drug-likeness (QED) is 0.758. The third-order valence-electron chi connectivity index (χ3n) is 3.61. The van der Waals surface area contributed by atoms with Gasteiger partial charge in [0.1, 0.15) is 0 Å². The topological polar surface area (TPSA) is 61.4 Å². The number of nitrogens with one attached hydrogen (secondary N) is 2. The molecule has 1 heterocycles. The fourth-order valence-electron chi connectivity index (χ4n) is 2.37. The molecule has 21 heavy (non-hydrogen) atoms. The van der Waals surface area contributed by atoms with Crippen LogP contribution < -0.4 is 15.5 Å². The first kappa shape index (κ1) is 15.4. The summed E-state index contributed by atoms with van der Waals surface area (Å²) in [5, 5.41) is 5.68. The Morgan fingerprint density at radius 1 is 1.24 bits per heavy atom. The molecule has 1 aromatic rings. The Labute approximate surface area is 125 Å². The predicted octanol–water partition coefficient (Wildman–Crippen LogP) is 2.53. The summed E-state index contributed by atoms with van der Waals surface area (Å²) in [5.41, 5.74) is 1.46. The minimum absolute atomic E-state index is 0.0519. The first-order valence-corrected chi connectivity index (χ1v) is 7.66. The van der Waals surface area contributed by atoms with Crippen molar-refractivity contribution in [3.63, 3.8) is 0 Å². The second-order valence-corrected chi connectivity index (χ2v) is 5.25. The maximum absolute atomic E-state index is 12.0. The zero-order chi connectivity index (χ0) is 15.1. The number of anilines is 1. The largest absolute Gasteiger partial charge is 0.352 e. The number of hydrogen-bond donors (Lipinski definition) is 2. The monoisotopic (exact) mass is 289 g/mol. The van der Waals surface area contributed by atoms with Crippen LogP contribution in [0, 0.1) is 0 Å². The van der Waals surface area contributed by atoms with Crippen LogP contribution in [0.2, 0.25) is 0 Å². The van der Waals surface area contributed by atoms with Gasteiger partial charge in [0.15, 0.2) is 0 Å². The maximum Gasteiger partial charge on any atom is 0.321 e. The van der Waals surface area contributed by atoms with Gasteiger partial charge < -0.3 is 10.6 Å². The zero-order valence-corrected chi connectivity index (χ0v) is 12.5. The van der Waals surface area contributed by atoms with Crippen molar-refractivity contribution in [1.29, 1.82) is 0 Å². The van der Waals surface area contributed by atoms with Gasteiger partial charge in [-0.1, -0.05) is 26.2 Å². The van der Waals surface area contributed by atoms with Crippen LogP contribution in [0.4, 0.5) is 10.5 Å². The van der Waals surface area contributed by atoms with Crippen LogP contribution in [0.3, 0.4) is 0 Å². The van der Waals surface area contributed by atoms with Crippen LogP contribution in [0.5, 0.6) is 0 Å². The number of carbonyl (C=O) groups is 2. The highest BCUT2D eigenvalue weighted by atomic mass is 16.2. The fourth-order valence-corrected chi connectivity index (χ4v) is 2.37. The number of amides is 3. The van der Waals surface area contributed by atoms with Gasteiger partial charge in [-0.25, -0.2) is 4.79 Å². The predicted molar refractivity (Wildman–Crippen MR) is 83.7 cm³/mol. The van der Waals surface area contributed by atoms with E-state index in [1.807, 2.05) is 12.1 Å². The lowest BCUT2D eigenvalue weighted by molar-refractivity contribution is 0.0953. The van der Waals surface area contributed by atoms with Crippen molar-refractivity contribution in [2.45, 2.75) is 32.6 Å². The number of hydrogen-bond acceptors (Lipinski definition) is 2. The minimum atomic E-state index is -0.0804. The molecule has 0 unspecified atom stereocenters. The molecule has 3 amide bonds. The fraction of sp³-hybridized carbons (Fsp3) is 0.500. The molecule has 0 spiro atoms. The molecule has 0 radical (unpaired) electrons. The molecule has 1 saturated heterocycles. The Bertz CT molecular complexity index is 485. The van der Waals surface area contributed by atoms with Crippen LogP contribution in [-0.4, -0.2) is 31.6 Å². The number of nitrogens with zero attached hydrogens (tertiary/aromatic N) is 1. The first-order chi connectivity index (χ1) is 10.2. The lowest BCUT2D eigenvalue weighted by Gasteiger charge is -2.14. The normalized spacial score (nSPS) is 14.1. The van der Waals surface area contributed by atoms with Crippen LogP contribution in [-0.2, 0) is 0 Å². The van der Waals surface area contributed by atoms with Gasteiger partial charge in [0.2, 0.25) is 0 Å². The molecule has 1 aliphatic heterocycles. The summed E-state index contributed by atoms with van der Waals surface area (Å²) >= 11 is 0. The van der Waals surface area contributed by atoms with Crippen molar-refractivity contribution in [3.05, 3.63) is 29.8 Å². The number of unbranched alkanes of at least 4 members (excludes halogenated alkanes) is 3. The molecule has 5 heteroatoms. The molecule has 0 saturated carbocycles. The summed E-state index contributed by atoms with van der Waals surface area (Å²) in [5.74, 6) is -0.0519. The Morgan fingerprint density at radius 2 is 2.00 bits per heavy atom. The maximum atomic E-state index is 12.0. The molecule has 2 N–H and O–H groups in total. The Balaban J connectivity index is 1.83. The van der Waals surface area contributed by atoms with Crippen LogP contribution in [0.15, 0.2) is 24.3 Å². The molecule has 2 rings (SSSR count). The van der Waals surface area contributed by atoms with Crippen molar-refractivity contribution >= 4 is 17.6 Å². The third kappa shape index (κ3) is 4.21. The van der Waals surface area contributed by atoms with Gasteiger partial charge in [0, 0.05) is 30.9 Å². The van der Waals surface area contributed by atoms with E-state index in [1.165, 1.54) is 12.8 Å². The second kappa shape index (κ2) is 7.67. The molecule has 0 atom stereocenters. The highest BCUT2D eigenvalue weighted by Gasteiger charge is 2.20. The Kier molecular flexibility index (Phi) is 5.60. The highest BCUT2D eigenvalue weighted by Crippen LogP contribution is 2.17. The lowest BCUT2D eigenvalue weighted by Crippen LogP contribution is -2.28. The van der Waals surface area contributed by atoms with Crippen molar-refractivity contribution < 1.29 is 9.59 Å². The third-order valence-corrected chi connectivity index (χ3v) is 3.61. The van der Waals surface area contributed by atoms with E-state index < -0.39 is 0 Å². The summed E-state index contributed by atoms with van der Waals surface area (Å²) in [6, 6.07) is 7.08. The van der Waals surface area contributed by atoms with Gasteiger partial charge in [0.05, 0.1) is 0 Å². The van der Waals surface area contributed by atoms with Gasteiger partial charge >= 0.3 is 6.03 Å². The van der Waals surface area contributed by atoms with E-state index in [1.54, 1.807) is 17.0 Å². The van der Waals surface area contributed by atoms with Gasteiger partial charge in [-0.2, -0.15) is 0 Å².